The number of ketones is 1. The van der Waals surface area contributed by atoms with Crippen LogP contribution in [0.2, 0.25) is 0 Å². The van der Waals surface area contributed by atoms with Crippen LogP contribution in [-0.2, 0) is 16.1 Å². The summed E-state index contributed by atoms with van der Waals surface area (Å²) >= 11 is 0. The van der Waals surface area contributed by atoms with Crippen molar-refractivity contribution in [2.24, 2.45) is 0 Å². The van der Waals surface area contributed by atoms with E-state index in [2.05, 4.69) is 0 Å². The van der Waals surface area contributed by atoms with Gasteiger partial charge in [-0.15, -0.1) is 0 Å². The molecule has 0 fully saturated rings. The smallest absolute Gasteiger partial charge is 0.261 e. The van der Waals surface area contributed by atoms with Crippen molar-refractivity contribution in [3.63, 3.8) is 0 Å². The lowest BCUT2D eigenvalue weighted by molar-refractivity contribution is -0.118. The summed E-state index contributed by atoms with van der Waals surface area (Å²) in [4.78, 5) is 38.0. The average Bonchev–Trinajstić information content (AvgIpc) is 2.86. The van der Waals surface area contributed by atoms with E-state index >= 15 is 0 Å². The maximum atomic E-state index is 12.6. The van der Waals surface area contributed by atoms with E-state index in [9.17, 15) is 14.4 Å². The number of Topliss-reactive ketones (excluding diaryl/α,β-unsaturated/α-hetero) is 1. The molecule has 0 saturated heterocycles. The van der Waals surface area contributed by atoms with E-state index in [1.54, 1.807) is 24.3 Å². The largest absolute Gasteiger partial charge is 0.375 e. The van der Waals surface area contributed by atoms with Crippen molar-refractivity contribution in [3.8, 4) is 0 Å². The van der Waals surface area contributed by atoms with Gasteiger partial charge in [0.25, 0.3) is 11.8 Å². The van der Waals surface area contributed by atoms with Crippen LogP contribution in [0.25, 0.3) is 0 Å². The van der Waals surface area contributed by atoms with Gasteiger partial charge in [0.15, 0.2) is 0 Å². The molecular formula is C20H19NO4. The number of amides is 2. The third-order valence-electron chi connectivity index (χ3n) is 4.14. The number of imide groups is 1. The first kappa shape index (κ1) is 17.0. The molecule has 2 amide bonds. The van der Waals surface area contributed by atoms with E-state index < -0.39 is 6.04 Å². The predicted octanol–water partition coefficient (Wildman–Crippen LogP) is 2.85. The quantitative estimate of drug-likeness (QED) is 0.729. The molecule has 3 rings (SSSR count). The molecular weight excluding hydrogens is 318 g/mol. The molecule has 1 heterocycles. The minimum Gasteiger partial charge on any atom is -0.375 e. The SMILES string of the molecule is CC(=O)CC(COCc1ccccc1)N1C(=O)c2ccccc2C1=O. The monoisotopic (exact) mass is 337 g/mol. The molecule has 0 N–H and O–H groups in total. The van der Waals surface area contributed by atoms with E-state index in [0.29, 0.717) is 17.7 Å². The van der Waals surface area contributed by atoms with Crippen LogP contribution in [0.4, 0.5) is 0 Å². The highest BCUT2D eigenvalue weighted by Crippen LogP contribution is 2.26. The maximum absolute atomic E-state index is 12.6. The summed E-state index contributed by atoms with van der Waals surface area (Å²) in [5.74, 6) is -0.824. The number of hydrogen-bond acceptors (Lipinski definition) is 4. The normalized spacial score (nSPS) is 14.5. The zero-order chi connectivity index (χ0) is 17.8. The lowest BCUT2D eigenvalue weighted by atomic mass is 10.1. The first-order valence-electron chi connectivity index (χ1n) is 8.16. The second-order valence-corrected chi connectivity index (χ2v) is 6.09. The van der Waals surface area contributed by atoms with Crippen molar-refractivity contribution in [2.75, 3.05) is 6.61 Å². The van der Waals surface area contributed by atoms with Gasteiger partial charge in [-0.2, -0.15) is 0 Å². The van der Waals surface area contributed by atoms with Gasteiger partial charge in [-0.1, -0.05) is 42.5 Å². The van der Waals surface area contributed by atoms with Crippen LogP contribution in [0.5, 0.6) is 0 Å². The minimum atomic E-state index is -0.603. The molecule has 0 bridgehead atoms. The van der Waals surface area contributed by atoms with Gasteiger partial charge >= 0.3 is 0 Å². The molecule has 0 radical (unpaired) electrons. The Bertz CT molecular complexity index is 765. The van der Waals surface area contributed by atoms with Crippen LogP contribution in [0.1, 0.15) is 39.6 Å². The maximum Gasteiger partial charge on any atom is 0.261 e. The highest BCUT2D eigenvalue weighted by molar-refractivity contribution is 6.21. The Morgan fingerprint density at radius 1 is 0.960 bits per heavy atom. The summed E-state index contributed by atoms with van der Waals surface area (Å²) in [6.45, 7) is 1.93. The molecule has 25 heavy (non-hydrogen) atoms. The van der Waals surface area contributed by atoms with Gasteiger partial charge in [0, 0.05) is 6.42 Å². The Labute approximate surface area is 146 Å². The van der Waals surface area contributed by atoms with Crippen LogP contribution in [0.3, 0.4) is 0 Å². The molecule has 0 saturated carbocycles. The number of benzene rings is 2. The zero-order valence-electron chi connectivity index (χ0n) is 14.0. The predicted molar refractivity (Wildman–Crippen MR) is 92.1 cm³/mol. The Kier molecular flexibility index (Phi) is 5.05. The fourth-order valence-corrected chi connectivity index (χ4v) is 2.98. The molecule has 1 atom stereocenters. The first-order chi connectivity index (χ1) is 12.1. The van der Waals surface area contributed by atoms with E-state index in [-0.39, 0.29) is 30.6 Å². The Morgan fingerprint density at radius 3 is 2.08 bits per heavy atom. The Hall–Kier alpha value is -2.79. The highest BCUT2D eigenvalue weighted by atomic mass is 16.5. The second-order valence-electron chi connectivity index (χ2n) is 6.09. The lowest BCUT2D eigenvalue weighted by Gasteiger charge is -2.25. The number of carbonyl (C=O) groups is 3. The summed E-state index contributed by atoms with van der Waals surface area (Å²) in [6.07, 6.45) is 0.0836. The molecule has 128 valence electrons. The Balaban J connectivity index is 1.74. The number of rotatable bonds is 7. The third-order valence-corrected chi connectivity index (χ3v) is 4.14. The van der Waals surface area contributed by atoms with E-state index in [1.807, 2.05) is 30.3 Å². The van der Waals surface area contributed by atoms with Crippen LogP contribution in [0, 0.1) is 0 Å². The summed E-state index contributed by atoms with van der Waals surface area (Å²) in [6, 6.07) is 15.7. The van der Waals surface area contributed by atoms with Gasteiger partial charge in [0.2, 0.25) is 0 Å². The molecule has 5 nitrogen and oxygen atoms in total. The van der Waals surface area contributed by atoms with Crippen LogP contribution in [0.15, 0.2) is 54.6 Å². The zero-order valence-corrected chi connectivity index (χ0v) is 14.0. The number of ether oxygens (including phenoxy) is 1. The van der Waals surface area contributed by atoms with Crippen LogP contribution in [-0.4, -0.2) is 35.1 Å². The second kappa shape index (κ2) is 7.40. The fourth-order valence-electron chi connectivity index (χ4n) is 2.98. The van der Waals surface area contributed by atoms with E-state index in [0.717, 1.165) is 10.5 Å². The molecule has 0 spiro atoms. The topological polar surface area (TPSA) is 63.7 Å². The molecule has 1 unspecified atom stereocenters. The van der Waals surface area contributed by atoms with Crippen molar-refractivity contribution in [3.05, 3.63) is 71.3 Å². The van der Waals surface area contributed by atoms with Crippen LogP contribution >= 0.6 is 0 Å². The number of hydrogen-bond donors (Lipinski definition) is 0. The molecule has 1 aliphatic heterocycles. The van der Waals surface area contributed by atoms with Crippen molar-refractivity contribution in [2.45, 2.75) is 26.0 Å². The van der Waals surface area contributed by atoms with Crippen LogP contribution < -0.4 is 0 Å². The van der Waals surface area contributed by atoms with Gasteiger partial charge in [-0.25, -0.2) is 0 Å². The fraction of sp³-hybridized carbons (Fsp3) is 0.250. The molecule has 1 aliphatic rings. The number of fused-ring (bicyclic) bond motifs is 1. The Morgan fingerprint density at radius 2 is 1.52 bits per heavy atom. The standard InChI is InChI=1S/C20H19NO4/c1-14(22)11-16(13-25-12-15-7-3-2-4-8-15)21-19(23)17-9-5-6-10-18(17)20(21)24/h2-10,16H,11-13H2,1H3. The van der Waals surface area contributed by atoms with Gasteiger partial charge in [0.05, 0.1) is 30.4 Å². The third kappa shape index (κ3) is 3.67. The number of carbonyl (C=O) groups excluding carboxylic acids is 3. The molecule has 0 aromatic heterocycles. The summed E-state index contributed by atoms with van der Waals surface area (Å²) in [7, 11) is 0. The minimum absolute atomic E-state index is 0.0836. The summed E-state index contributed by atoms with van der Waals surface area (Å²) in [5, 5.41) is 0. The molecule has 2 aromatic carbocycles. The summed E-state index contributed by atoms with van der Waals surface area (Å²) < 4.78 is 5.69. The number of nitrogens with zero attached hydrogens (tertiary/aromatic N) is 1. The molecule has 0 aliphatic carbocycles. The molecule has 2 aromatic rings. The van der Waals surface area contributed by atoms with E-state index in [4.69, 9.17) is 4.74 Å². The van der Waals surface area contributed by atoms with Crippen molar-refractivity contribution in [1.82, 2.24) is 4.90 Å². The van der Waals surface area contributed by atoms with Crippen molar-refractivity contribution in [1.29, 1.82) is 0 Å². The first-order valence-corrected chi connectivity index (χ1v) is 8.16. The molecule has 5 heteroatoms. The summed E-state index contributed by atoms with van der Waals surface area (Å²) in [5.41, 5.74) is 1.75. The average molecular weight is 337 g/mol. The highest BCUT2D eigenvalue weighted by Gasteiger charge is 2.40. The van der Waals surface area contributed by atoms with Gasteiger partial charge < -0.3 is 4.74 Å². The lowest BCUT2D eigenvalue weighted by Crippen LogP contribution is -2.43. The van der Waals surface area contributed by atoms with Crippen molar-refractivity contribution >= 4 is 17.6 Å². The van der Waals surface area contributed by atoms with Gasteiger partial charge in [0.1, 0.15) is 5.78 Å². The van der Waals surface area contributed by atoms with Gasteiger partial charge in [-0.3, -0.25) is 19.3 Å². The van der Waals surface area contributed by atoms with Crippen molar-refractivity contribution < 1.29 is 19.1 Å². The van der Waals surface area contributed by atoms with E-state index in [1.165, 1.54) is 6.92 Å². The van der Waals surface area contributed by atoms with Gasteiger partial charge in [-0.05, 0) is 24.6 Å².